The number of hydrogen-bond donors (Lipinski definition) is 2. The molecule has 5 heteroatoms. The third kappa shape index (κ3) is 22.5. The zero-order chi connectivity index (χ0) is 32.8. The van der Waals surface area contributed by atoms with Gasteiger partial charge in [-0.25, -0.2) is 0 Å². The number of halogens is 1. The lowest BCUT2D eigenvalue weighted by Gasteiger charge is -2.34. The molecule has 0 saturated carbocycles. The van der Waals surface area contributed by atoms with E-state index in [9.17, 15) is 19.8 Å². The minimum atomic E-state index is -2.87. The van der Waals surface area contributed by atoms with E-state index in [2.05, 4.69) is 38.2 Å². The van der Waals surface area contributed by atoms with Gasteiger partial charge < -0.3 is 10.2 Å². The molecule has 4 nitrogen and oxygen atoms in total. The summed E-state index contributed by atoms with van der Waals surface area (Å²) < 4.78 is 0. The van der Waals surface area contributed by atoms with Crippen LogP contribution in [0.1, 0.15) is 201 Å². The summed E-state index contributed by atoms with van der Waals surface area (Å²) in [6, 6.07) is 0. The molecule has 0 aromatic heterocycles. The van der Waals surface area contributed by atoms with Crippen LogP contribution in [0.15, 0.2) is 24.3 Å². The van der Waals surface area contributed by atoms with E-state index in [1.54, 1.807) is 0 Å². The SMILES string of the molecule is CCCCCCCC/C=C\CCCCCCCC(=O)C(C)(C(=O)CCCCCCC/C=C\CCCCCCCC)C(O)(O)Cl. The summed E-state index contributed by atoms with van der Waals surface area (Å²) in [5.74, 6) is -0.930. The number of carbonyl (C=O) groups excluding carboxylic acids is 2. The standard InChI is InChI=1S/C39H71ClO4/c1-4-6-8-10-12-14-16-18-20-22-24-26-28-30-32-34-36(41)38(3,39(40,43)44)37(42)35-33-31-29-27-25-23-21-19-17-15-13-11-9-7-5-2/h18-21,43-44H,4-17,22-35H2,1-3H3/b20-18-,21-19-. The number of allylic oxidation sites excluding steroid dienone is 4. The Morgan fingerprint density at radius 3 is 1.00 bits per heavy atom. The second-order valence-corrected chi connectivity index (χ2v) is 13.8. The van der Waals surface area contributed by atoms with Crippen LogP contribution in [0.3, 0.4) is 0 Å². The molecule has 0 spiro atoms. The molecule has 0 amide bonds. The first kappa shape index (κ1) is 43.0. The van der Waals surface area contributed by atoms with E-state index in [1.165, 1.54) is 96.8 Å². The Balaban J connectivity index is 4.04. The lowest BCUT2D eigenvalue weighted by atomic mass is 9.76. The number of unbranched alkanes of at least 4 members (excludes halogenated alkanes) is 22. The van der Waals surface area contributed by atoms with E-state index in [1.807, 2.05) is 0 Å². The van der Waals surface area contributed by atoms with Gasteiger partial charge in [-0.05, 0) is 71.1 Å². The van der Waals surface area contributed by atoms with Gasteiger partial charge in [0.1, 0.15) is 0 Å². The molecule has 0 fully saturated rings. The average Bonchev–Trinajstić information content (AvgIpc) is 2.99. The summed E-state index contributed by atoms with van der Waals surface area (Å²) in [4.78, 5) is 26.0. The molecule has 2 N–H and O–H groups in total. The highest BCUT2D eigenvalue weighted by Crippen LogP contribution is 2.38. The number of alkyl halides is 1. The van der Waals surface area contributed by atoms with Gasteiger partial charge in [0.15, 0.2) is 17.0 Å². The molecular formula is C39H71ClO4. The molecule has 0 aromatic carbocycles. The zero-order valence-electron chi connectivity index (χ0n) is 29.2. The highest BCUT2D eigenvalue weighted by molar-refractivity contribution is 6.27. The second kappa shape index (κ2) is 29.4. The van der Waals surface area contributed by atoms with Crippen LogP contribution in [0.2, 0.25) is 0 Å². The normalized spacial score (nSPS) is 12.6. The van der Waals surface area contributed by atoms with Crippen molar-refractivity contribution in [2.45, 2.75) is 206 Å². The molecule has 0 aliphatic carbocycles. The molecule has 0 atom stereocenters. The van der Waals surface area contributed by atoms with E-state index >= 15 is 0 Å². The number of ketones is 2. The van der Waals surface area contributed by atoms with Crippen LogP contribution in [0.25, 0.3) is 0 Å². The smallest absolute Gasteiger partial charge is 0.263 e. The molecule has 0 heterocycles. The van der Waals surface area contributed by atoms with Gasteiger partial charge in [-0.15, -0.1) is 0 Å². The molecule has 0 aliphatic heterocycles. The molecule has 0 saturated heterocycles. The van der Waals surface area contributed by atoms with Crippen molar-refractivity contribution in [3.8, 4) is 0 Å². The first-order valence-electron chi connectivity index (χ1n) is 18.7. The monoisotopic (exact) mass is 639 g/mol. The second-order valence-electron chi connectivity index (χ2n) is 13.2. The minimum absolute atomic E-state index is 0.141. The van der Waals surface area contributed by atoms with Crippen LogP contribution >= 0.6 is 11.6 Å². The fraction of sp³-hybridized carbons (Fsp3) is 0.846. The summed E-state index contributed by atoms with van der Waals surface area (Å²) in [5, 5.41) is 17.5. The van der Waals surface area contributed by atoms with Gasteiger partial charge in [0.05, 0.1) is 0 Å². The van der Waals surface area contributed by atoms with Crippen molar-refractivity contribution in [1.29, 1.82) is 0 Å². The quantitative estimate of drug-likeness (QED) is 0.0246. The zero-order valence-corrected chi connectivity index (χ0v) is 30.0. The van der Waals surface area contributed by atoms with Crippen molar-refractivity contribution in [3.63, 3.8) is 0 Å². The van der Waals surface area contributed by atoms with Crippen molar-refractivity contribution >= 4 is 23.2 Å². The van der Waals surface area contributed by atoms with Crippen LogP contribution in [0.5, 0.6) is 0 Å². The van der Waals surface area contributed by atoms with Gasteiger partial charge in [0.2, 0.25) is 0 Å². The van der Waals surface area contributed by atoms with E-state index in [-0.39, 0.29) is 12.8 Å². The highest BCUT2D eigenvalue weighted by atomic mass is 35.5. The molecule has 258 valence electrons. The largest absolute Gasteiger partial charge is 0.352 e. The highest BCUT2D eigenvalue weighted by Gasteiger charge is 2.55. The Hall–Kier alpha value is -0.970. The van der Waals surface area contributed by atoms with E-state index in [4.69, 9.17) is 11.6 Å². The van der Waals surface area contributed by atoms with Crippen molar-refractivity contribution in [3.05, 3.63) is 24.3 Å². The minimum Gasteiger partial charge on any atom is -0.352 e. The van der Waals surface area contributed by atoms with Crippen molar-refractivity contribution in [1.82, 2.24) is 0 Å². The van der Waals surface area contributed by atoms with E-state index in [0.717, 1.165) is 64.2 Å². The summed E-state index contributed by atoms with van der Waals surface area (Å²) in [6.07, 6.45) is 39.7. The third-order valence-electron chi connectivity index (χ3n) is 9.08. The van der Waals surface area contributed by atoms with E-state index in [0.29, 0.717) is 12.8 Å². The molecule has 0 radical (unpaired) electrons. The Kier molecular flexibility index (Phi) is 28.8. The van der Waals surface area contributed by atoms with Gasteiger partial charge in [-0.2, -0.15) is 0 Å². The molecule has 0 bridgehead atoms. The molecule has 0 unspecified atom stereocenters. The third-order valence-corrected chi connectivity index (χ3v) is 9.46. The molecule has 0 aromatic rings. The van der Waals surface area contributed by atoms with Crippen molar-refractivity contribution in [2.75, 3.05) is 0 Å². The van der Waals surface area contributed by atoms with Crippen LogP contribution < -0.4 is 0 Å². The predicted octanol–water partition coefficient (Wildman–Crippen LogP) is 12.1. The lowest BCUT2D eigenvalue weighted by Crippen LogP contribution is -2.53. The summed E-state index contributed by atoms with van der Waals surface area (Å²) in [5.41, 5.74) is -1.99. The van der Waals surface area contributed by atoms with Crippen LogP contribution in [0, 0.1) is 5.41 Å². The van der Waals surface area contributed by atoms with Crippen molar-refractivity contribution in [2.24, 2.45) is 5.41 Å². The molecule has 44 heavy (non-hydrogen) atoms. The first-order valence-corrected chi connectivity index (χ1v) is 19.1. The lowest BCUT2D eigenvalue weighted by molar-refractivity contribution is -0.185. The van der Waals surface area contributed by atoms with Crippen LogP contribution in [-0.4, -0.2) is 27.0 Å². The van der Waals surface area contributed by atoms with Gasteiger partial charge in [-0.1, -0.05) is 152 Å². The summed E-state index contributed by atoms with van der Waals surface area (Å²) in [7, 11) is 0. The Bertz CT molecular complexity index is 685. The first-order chi connectivity index (χ1) is 21.2. The topological polar surface area (TPSA) is 74.6 Å². The molecule has 0 rings (SSSR count). The summed E-state index contributed by atoms with van der Waals surface area (Å²) >= 11 is 5.83. The average molecular weight is 639 g/mol. The van der Waals surface area contributed by atoms with E-state index < -0.39 is 22.2 Å². The number of rotatable bonds is 33. The van der Waals surface area contributed by atoms with Gasteiger partial charge in [0, 0.05) is 12.8 Å². The number of carbonyl (C=O) groups is 2. The predicted molar refractivity (Wildman–Crippen MR) is 190 cm³/mol. The Morgan fingerprint density at radius 2 is 0.727 bits per heavy atom. The molecular weight excluding hydrogens is 568 g/mol. The van der Waals surface area contributed by atoms with Crippen LogP contribution in [-0.2, 0) is 9.59 Å². The summed E-state index contributed by atoms with van der Waals surface area (Å²) in [6.45, 7) is 5.81. The maximum Gasteiger partial charge on any atom is 0.263 e. The number of hydrogen-bond acceptors (Lipinski definition) is 4. The fourth-order valence-corrected chi connectivity index (χ4v) is 5.93. The maximum atomic E-state index is 13.0. The van der Waals surface area contributed by atoms with Crippen molar-refractivity contribution < 1.29 is 19.8 Å². The number of Topliss-reactive ketones (excluding diaryl/α,β-unsaturated/α-hetero) is 2. The fourth-order valence-electron chi connectivity index (χ4n) is 5.72. The van der Waals surface area contributed by atoms with Gasteiger partial charge in [0.25, 0.3) is 5.25 Å². The maximum absolute atomic E-state index is 13.0. The number of aliphatic hydroxyl groups is 2. The Labute approximate surface area is 277 Å². The van der Waals surface area contributed by atoms with Gasteiger partial charge in [-0.3, -0.25) is 9.59 Å². The molecule has 0 aliphatic rings. The van der Waals surface area contributed by atoms with Gasteiger partial charge >= 0.3 is 0 Å². The van der Waals surface area contributed by atoms with Crippen LogP contribution in [0.4, 0.5) is 0 Å². The Morgan fingerprint density at radius 1 is 0.477 bits per heavy atom.